The standard InChI is InChI=1S/C10H19B2/c1-12-10-7-3-2-5-9(11)6-4-8-10/h9-10H,2-8H2,1H3. The van der Waals surface area contributed by atoms with E-state index in [1.165, 1.54) is 44.9 Å². The van der Waals surface area contributed by atoms with E-state index in [9.17, 15) is 0 Å². The maximum absolute atomic E-state index is 5.95. The van der Waals surface area contributed by atoms with Crippen LogP contribution in [-0.2, 0) is 0 Å². The normalized spacial score (nSPS) is 33.1. The first-order chi connectivity index (χ1) is 5.83. The molecule has 1 rings (SSSR count). The molecule has 3 radical (unpaired) electrons. The van der Waals surface area contributed by atoms with Gasteiger partial charge >= 0.3 is 0 Å². The van der Waals surface area contributed by atoms with Crippen molar-refractivity contribution in [1.82, 2.24) is 0 Å². The van der Waals surface area contributed by atoms with Crippen molar-refractivity contribution in [2.45, 2.75) is 63.4 Å². The Morgan fingerprint density at radius 2 is 1.58 bits per heavy atom. The van der Waals surface area contributed by atoms with Crippen LogP contribution in [0.4, 0.5) is 0 Å². The molecule has 0 N–H and O–H groups in total. The van der Waals surface area contributed by atoms with Gasteiger partial charge in [0, 0.05) is 0 Å². The van der Waals surface area contributed by atoms with Crippen LogP contribution in [0.2, 0.25) is 18.5 Å². The summed E-state index contributed by atoms with van der Waals surface area (Å²) in [6.45, 7) is 2.20. The maximum Gasteiger partial charge on any atom is 0.110 e. The molecule has 0 aliphatic heterocycles. The first-order valence-corrected chi connectivity index (χ1v) is 5.38. The topological polar surface area (TPSA) is 0 Å². The molecule has 12 heavy (non-hydrogen) atoms. The highest BCUT2D eigenvalue weighted by Gasteiger charge is 2.11. The highest BCUT2D eigenvalue weighted by molar-refractivity contribution is 6.35. The molecule has 1 saturated carbocycles. The van der Waals surface area contributed by atoms with Gasteiger partial charge in [0.05, 0.1) is 7.85 Å². The van der Waals surface area contributed by atoms with Crippen molar-refractivity contribution in [3.63, 3.8) is 0 Å². The zero-order valence-corrected chi connectivity index (χ0v) is 8.26. The lowest BCUT2D eigenvalue weighted by Gasteiger charge is -2.11. The van der Waals surface area contributed by atoms with Crippen LogP contribution >= 0.6 is 0 Å². The minimum atomic E-state index is 0.487. The first kappa shape index (κ1) is 10.2. The molecular formula is C10H19B2. The van der Waals surface area contributed by atoms with E-state index in [1.54, 1.807) is 0 Å². The third kappa shape index (κ3) is 3.69. The van der Waals surface area contributed by atoms with E-state index in [2.05, 4.69) is 14.1 Å². The predicted molar refractivity (Wildman–Crippen MR) is 57.2 cm³/mol. The second-order valence-electron chi connectivity index (χ2n) is 4.07. The van der Waals surface area contributed by atoms with Gasteiger partial charge in [-0.3, -0.25) is 0 Å². The monoisotopic (exact) mass is 161 g/mol. The van der Waals surface area contributed by atoms with Gasteiger partial charge in [-0.2, -0.15) is 0 Å². The average molecular weight is 161 g/mol. The van der Waals surface area contributed by atoms with E-state index >= 15 is 0 Å². The van der Waals surface area contributed by atoms with Crippen LogP contribution in [0.5, 0.6) is 0 Å². The molecule has 2 heteroatoms. The smallest absolute Gasteiger partial charge is 0.0917 e. The number of rotatable bonds is 1. The third-order valence-electron chi connectivity index (χ3n) is 3.02. The average Bonchev–Trinajstić information content (AvgIpc) is 2.17. The lowest BCUT2D eigenvalue weighted by Crippen LogP contribution is -1.99. The fraction of sp³-hybridized carbons (Fsp3) is 1.00. The van der Waals surface area contributed by atoms with Gasteiger partial charge in [0.15, 0.2) is 0 Å². The van der Waals surface area contributed by atoms with Gasteiger partial charge in [0.1, 0.15) is 7.28 Å². The second kappa shape index (κ2) is 5.72. The van der Waals surface area contributed by atoms with E-state index in [1.807, 2.05) is 0 Å². The van der Waals surface area contributed by atoms with Crippen molar-refractivity contribution >= 4 is 15.1 Å². The number of hydrogen-bond donors (Lipinski definition) is 0. The molecular weight excluding hydrogens is 142 g/mol. The van der Waals surface area contributed by atoms with E-state index < -0.39 is 0 Å². The molecule has 0 spiro atoms. The van der Waals surface area contributed by atoms with Gasteiger partial charge in [0.25, 0.3) is 0 Å². The molecule has 0 amide bonds. The fourth-order valence-corrected chi connectivity index (χ4v) is 2.08. The molecule has 1 fully saturated rings. The Balaban J connectivity index is 2.26. The van der Waals surface area contributed by atoms with Crippen LogP contribution in [-0.4, -0.2) is 15.1 Å². The molecule has 1 aliphatic rings. The minimum absolute atomic E-state index is 0.487. The Labute approximate surface area is 79.2 Å². The highest BCUT2D eigenvalue weighted by atomic mass is 14.1. The quantitative estimate of drug-likeness (QED) is 0.517. The van der Waals surface area contributed by atoms with Crippen LogP contribution in [0.3, 0.4) is 0 Å². The fourth-order valence-electron chi connectivity index (χ4n) is 2.08. The largest absolute Gasteiger partial charge is 0.110 e. The molecule has 0 aromatic rings. The Morgan fingerprint density at radius 3 is 2.33 bits per heavy atom. The molecule has 0 heterocycles. The van der Waals surface area contributed by atoms with Crippen LogP contribution in [0.1, 0.15) is 44.9 Å². The zero-order valence-electron chi connectivity index (χ0n) is 8.26. The second-order valence-corrected chi connectivity index (χ2v) is 4.07. The van der Waals surface area contributed by atoms with Gasteiger partial charge in [-0.1, -0.05) is 63.4 Å². The molecule has 1 aliphatic carbocycles. The van der Waals surface area contributed by atoms with Gasteiger partial charge < -0.3 is 0 Å². The summed E-state index contributed by atoms with van der Waals surface area (Å²) in [5.74, 6) is 1.36. The summed E-state index contributed by atoms with van der Waals surface area (Å²) >= 11 is 0. The van der Waals surface area contributed by atoms with E-state index in [4.69, 9.17) is 7.85 Å². The van der Waals surface area contributed by atoms with Gasteiger partial charge in [-0.05, 0) is 0 Å². The molecule has 2 unspecified atom stereocenters. The van der Waals surface area contributed by atoms with Crippen LogP contribution in [0.15, 0.2) is 0 Å². The molecule has 0 aromatic heterocycles. The first-order valence-electron chi connectivity index (χ1n) is 5.38. The summed E-state index contributed by atoms with van der Waals surface area (Å²) in [7, 11) is 8.32. The van der Waals surface area contributed by atoms with Crippen LogP contribution < -0.4 is 0 Å². The maximum atomic E-state index is 5.95. The Hall–Kier alpha value is 0.130. The van der Waals surface area contributed by atoms with E-state index in [-0.39, 0.29) is 0 Å². The summed E-state index contributed by atoms with van der Waals surface area (Å²) in [5, 5.41) is 0. The van der Waals surface area contributed by atoms with Crippen LogP contribution in [0, 0.1) is 0 Å². The minimum Gasteiger partial charge on any atom is -0.0917 e. The molecule has 0 saturated heterocycles. The lowest BCUT2D eigenvalue weighted by atomic mass is 9.63. The molecule has 2 atom stereocenters. The Bertz CT molecular complexity index is 114. The Morgan fingerprint density at radius 1 is 1.00 bits per heavy atom. The van der Waals surface area contributed by atoms with E-state index in [0.717, 1.165) is 5.82 Å². The van der Waals surface area contributed by atoms with Crippen molar-refractivity contribution in [3.8, 4) is 0 Å². The van der Waals surface area contributed by atoms with Gasteiger partial charge in [-0.25, -0.2) is 0 Å². The van der Waals surface area contributed by atoms with Crippen molar-refractivity contribution in [1.29, 1.82) is 0 Å². The molecule has 0 bridgehead atoms. The molecule has 65 valence electrons. The van der Waals surface area contributed by atoms with Gasteiger partial charge in [0.2, 0.25) is 0 Å². The van der Waals surface area contributed by atoms with Crippen LogP contribution in [0.25, 0.3) is 0 Å². The van der Waals surface area contributed by atoms with Crippen molar-refractivity contribution in [2.24, 2.45) is 0 Å². The highest BCUT2D eigenvalue weighted by Crippen LogP contribution is 2.28. The molecule has 0 nitrogen and oxygen atoms in total. The lowest BCUT2D eigenvalue weighted by molar-refractivity contribution is 0.619. The third-order valence-corrected chi connectivity index (χ3v) is 3.02. The summed E-state index contributed by atoms with van der Waals surface area (Å²) in [4.78, 5) is 0. The SMILES string of the molecule is [B]C1CCCCC([B]C)CCC1. The predicted octanol–water partition coefficient (Wildman–Crippen LogP) is 3.23. The zero-order chi connectivity index (χ0) is 8.81. The summed E-state index contributed by atoms with van der Waals surface area (Å²) in [6, 6.07) is 0. The summed E-state index contributed by atoms with van der Waals surface area (Å²) in [6.07, 6.45) is 9.29. The van der Waals surface area contributed by atoms with Gasteiger partial charge in [-0.15, -0.1) is 0 Å². The van der Waals surface area contributed by atoms with E-state index in [0.29, 0.717) is 5.82 Å². The van der Waals surface area contributed by atoms with Crippen molar-refractivity contribution in [3.05, 3.63) is 0 Å². The molecule has 0 aromatic carbocycles. The Kier molecular flexibility index (Phi) is 4.87. The summed E-state index contributed by atoms with van der Waals surface area (Å²) < 4.78 is 0. The summed E-state index contributed by atoms with van der Waals surface area (Å²) in [5.41, 5.74) is 0. The number of hydrogen-bond acceptors (Lipinski definition) is 0. The van der Waals surface area contributed by atoms with Crippen molar-refractivity contribution < 1.29 is 0 Å². The van der Waals surface area contributed by atoms with Crippen molar-refractivity contribution in [2.75, 3.05) is 0 Å².